The van der Waals surface area contributed by atoms with Gasteiger partial charge in [0.2, 0.25) is 5.96 Å². The van der Waals surface area contributed by atoms with Gasteiger partial charge < -0.3 is 31.6 Å². The fraction of sp³-hybridized carbons (Fsp3) is 0.400. The van der Waals surface area contributed by atoms with Gasteiger partial charge in [0.25, 0.3) is 5.91 Å². The van der Waals surface area contributed by atoms with E-state index in [4.69, 9.17) is 26.2 Å². The lowest BCUT2D eigenvalue weighted by molar-refractivity contribution is -0.124. The summed E-state index contributed by atoms with van der Waals surface area (Å²) in [5, 5.41) is 27.1. The number of hydrogen-bond acceptors (Lipinski definition) is 11. The van der Waals surface area contributed by atoms with E-state index in [0.29, 0.717) is 33.7 Å². The Morgan fingerprint density at radius 2 is 2.00 bits per heavy atom. The topological polar surface area (TPSA) is 196 Å². The second kappa shape index (κ2) is 11.9. The van der Waals surface area contributed by atoms with Crippen molar-refractivity contribution in [3.63, 3.8) is 0 Å². The standard InChI is InChI=1S/C25H28BrN9O3/c1-2-37-17-9-13(8-16(26)22(17)38-11-18(36)32-14-6-4-3-5-7-14)21-19-20(29)15(10-27)23(30)34-24(19)35-25(33-21)31-12-28/h8-9,14,21H,2-7,11H2,1H3,(H,32,36)(H6,29,30,31,33,34,35). The molecule has 4 rings (SSSR count). The summed E-state index contributed by atoms with van der Waals surface area (Å²) in [5.41, 5.74) is 13.5. The van der Waals surface area contributed by atoms with E-state index in [1.165, 1.54) is 6.42 Å². The van der Waals surface area contributed by atoms with Crippen molar-refractivity contribution >= 4 is 45.1 Å². The molecular formula is C25H28BrN9O3. The third-order valence-electron chi connectivity index (χ3n) is 6.32. The first-order chi connectivity index (χ1) is 18.4. The minimum absolute atomic E-state index is 0.0375. The number of aromatic nitrogens is 1. The molecule has 1 saturated carbocycles. The van der Waals surface area contributed by atoms with Gasteiger partial charge >= 0.3 is 0 Å². The first-order valence-corrected chi connectivity index (χ1v) is 13.0. The zero-order chi connectivity index (χ0) is 27.2. The SMILES string of the molecule is CCOc1cc(C2N=C(NC#N)Nc3nc(N)c(C#N)c(N)c32)cc(Br)c1OCC(=O)NC1CCCCC1. The minimum atomic E-state index is -0.763. The summed E-state index contributed by atoms with van der Waals surface area (Å²) < 4.78 is 12.3. The molecule has 1 aliphatic heterocycles. The van der Waals surface area contributed by atoms with Gasteiger partial charge in [-0.2, -0.15) is 10.5 Å². The summed E-state index contributed by atoms with van der Waals surface area (Å²) in [6.45, 7) is 2.00. The fourth-order valence-corrected chi connectivity index (χ4v) is 5.20. The number of guanidine groups is 1. The number of rotatable bonds is 7. The molecule has 2 aromatic rings. The van der Waals surface area contributed by atoms with Crippen molar-refractivity contribution < 1.29 is 14.3 Å². The Labute approximate surface area is 228 Å². The molecule has 1 unspecified atom stereocenters. The number of hydrogen-bond donors (Lipinski definition) is 5. The number of carbonyl (C=O) groups excluding carboxylic acids is 1. The summed E-state index contributed by atoms with van der Waals surface area (Å²) in [6, 6.07) is 4.87. The number of benzene rings is 1. The van der Waals surface area contributed by atoms with Gasteiger partial charge in [-0.05, 0) is 53.4 Å². The molecule has 1 atom stereocenters. The first-order valence-electron chi connectivity index (χ1n) is 12.2. The zero-order valence-electron chi connectivity index (χ0n) is 20.8. The van der Waals surface area contributed by atoms with E-state index in [1.54, 1.807) is 12.1 Å². The number of nitrogens with one attached hydrogen (secondary N) is 3. The summed E-state index contributed by atoms with van der Waals surface area (Å²) in [6.07, 6.45) is 7.21. The minimum Gasteiger partial charge on any atom is -0.490 e. The average molecular weight is 582 g/mol. The molecule has 1 amide bonds. The maximum absolute atomic E-state index is 12.5. The molecule has 1 aromatic heterocycles. The summed E-state index contributed by atoms with van der Waals surface area (Å²) in [5.74, 6) is 0.916. The highest BCUT2D eigenvalue weighted by atomic mass is 79.9. The maximum atomic E-state index is 12.5. The molecular weight excluding hydrogens is 554 g/mol. The maximum Gasteiger partial charge on any atom is 0.258 e. The number of amides is 1. The van der Waals surface area contributed by atoms with Crippen LogP contribution in [-0.4, -0.2) is 36.1 Å². The Bertz CT molecular complexity index is 1340. The highest BCUT2D eigenvalue weighted by molar-refractivity contribution is 9.10. The number of halogens is 1. The molecule has 198 valence electrons. The van der Waals surface area contributed by atoms with Crippen LogP contribution in [0.2, 0.25) is 0 Å². The van der Waals surface area contributed by atoms with Crippen LogP contribution in [0.15, 0.2) is 21.6 Å². The summed E-state index contributed by atoms with van der Waals surface area (Å²) in [7, 11) is 0. The van der Waals surface area contributed by atoms with Crippen LogP contribution in [0, 0.1) is 22.8 Å². The van der Waals surface area contributed by atoms with E-state index in [2.05, 4.69) is 41.9 Å². The van der Waals surface area contributed by atoms with Crippen LogP contribution in [0.3, 0.4) is 0 Å². The van der Waals surface area contributed by atoms with Crippen molar-refractivity contribution in [2.45, 2.75) is 51.1 Å². The molecule has 12 nitrogen and oxygen atoms in total. The Morgan fingerprint density at radius 3 is 2.68 bits per heavy atom. The fourth-order valence-electron chi connectivity index (χ4n) is 4.62. The number of pyridine rings is 1. The van der Waals surface area contributed by atoms with Crippen LogP contribution < -0.4 is 36.9 Å². The molecule has 1 aliphatic carbocycles. The molecule has 0 radical (unpaired) electrons. The van der Waals surface area contributed by atoms with Crippen molar-refractivity contribution in [2.75, 3.05) is 30.0 Å². The van der Waals surface area contributed by atoms with E-state index in [0.717, 1.165) is 25.7 Å². The average Bonchev–Trinajstić information content (AvgIpc) is 2.88. The van der Waals surface area contributed by atoms with Gasteiger partial charge in [-0.1, -0.05) is 19.3 Å². The smallest absolute Gasteiger partial charge is 0.258 e. The molecule has 38 heavy (non-hydrogen) atoms. The number of nitrogen functional groups attached to an aromatic ring is 2. The molecule has 7 N–H and O–H groups in total. The normalized spacial score (nSPS) is 16.6. The van der Waals surface area contributed by atoms with Crippen molar-refractivity contribution in [3.05, 3.63) is 33.3 Å². The van der Waals surface area contributed by atoms with Crippen molar-refractivity contribution in [1.29, 1.82) is 10.5 Å². The van der Waals surface area contributed by atoms with Crippen molar-refractivity contribution in [1.82, 2.24) is 15.6 Å². The Kier molecular flexibility index (Phi) is 8.38. The van der Waals surface area contributed by atoms with Gasteiger partial charge in [0.15, 0.2) is 24.3 Å². The Balaban J connectivity index is 1.68. The lowest BCUT2D eigenvalue weighted by atomic mass is 9.95. The van der Waals surface area contributed by atoms with Crippen LogP contribution in [0.25, 0.3) is 0 Å². The van der Waals surface area contributed by atoms with Crippen LogP contribution in [-0.2, 0) is 4.79 Å². The van der Waals surface area contributed by atoms with Crippen LogP contribution in [0.5, 0.6) is 11.5 Å². The van der Waals surface area contributed by atoms with Gasteiger partial charge in [0, 0.05) is 11.6 Å². The number of anilines is 3. The van der Waals surface area contributed by atoms with Crippen molar-refractivity contribution in [3.8, 4) is 23.8 Å². The number of fused-ring (bicyclic) bond motifs is 1. The predicted molar refractivity (Wildman–Crippen MR) is 145 cm³/mol. The van der Waals surface area contributed by atoms with Gasteiger partial charge in [-0.25, -0.2) is 9.98 Å². The summed E-state index contributed by atoms with van der Waals surface area (Å²) >= 11 is 3.54. The molecule has 2 aliphatic rings. The predicted octanol–water partition coefficient (Wildman–Crippen LogP) is 3.05. The van der Waals surface area contributed by atoms with Crippen LogP contribution >= 0.6 is 15.9 Å². The van der Waals surface area contributed by atoms with Crippen LogP contribution in [0.4, 0.5) is 17.3 Å². The quantitative estimate of drug-likeness (QED) is 0.239. The second-order valence-electron chi connectivity index (χ2n) is 8.86. The third kappa shape index (κ3) is 5.68. The van der Waals surface area contributed by atoms with E-state index in [9.17, 15) is 10.1 Å². The van der Waals surface area contributed by atoms with Gasteiger partial charge in [0.1, 0.15) is 29.3 Å². The highest BCUT2D eigenvalue weighted by Crippen LogP contribution is 2.45. The monoisotopic (exact) mass is 581 g/mol. The number of nitrogens with zero attached hydrogens (tertiary/aromatic N) is 4. The van der Waals surface area contributed by atoms with E-state index in [1.807, 2.05) is 19.2 Å². The van der Waals surface area contributed by atoms with E-state index in [-0.39, 0.29) is 47.4 Å². The Morgan fingerprint density at radius 1 is 1.24 bits per heavy atom. The number of nitriles is 2. The van der Waals surface area contributed by atoms with Crippen LogP contribution in [0.1, 0.15) is 61.8 Å². The van der Waals surface area contributed by atoms with Crippen molar-refractivity contribution in [2.24, 2.45) is 4.99 Å². The second-order valence-corrected chi connectivity index (χ2v) is 9.71. The van der Waals surface area contributed by atoms with Gasteiger partial charge in [-0.3, -0.25) is 10.1 Å². The number of aliphatic imine (C=N–C) groups is 1. The number of ether oxygens (including phenoxy) is 2. The van der Waals surface area contributed by atoms with Gasteiger partial charge in [0.05, 0.1) is 16.8 Å². The molecule has 13 heteroatoms. The lowest BCUT2D eigenvalue weighted by Crippen LogP contribution is -2.39. The molecule has 0 saturated heterocycles. The highest BCUT2D eigenvalue weighted by Gasteiger charge is 2.31. The van der Waals surface area contributed by atoms with E-state index >= 15 is 0 Å². The largest absolute Gasteiger partial charge is 0.490 e. The van der Waals surface area contributed by atoms with E-state index < -0.39 is 6.04 Å². The number of nitrogens with two attached hydrogens (primary N) is 2. The van der Waals surface area contributed by atoms with Gasteiger partial charge in [-0.15, -0.1) is 0 Å². The molecule has 0 bridgehead atoms. The molecule has 0 spiro atoms. The number of carbonyl (C=O) groups is 1. The molecule has 2 heterocycles. The Hall–Kier alpha value is -4.23. The third-order valence-corrected chi connectivity index (χ3v) is 6.91. The lowest BCUT2D eigenvalue weighted by Gasteiger charge is -2.27. The molecule has 1 fully saturated rings. The summed E-state index contributed by atoms with van der Waals surface area (Å²) in [4.78, 5) is 21.4. The zero-order valence-corrected chi connectivity index (χ0v) is 22.4. The molecule has 1 aromatic carbocycles. The first kappa shape index (κ1) is 26.8.